The third-order valence-electron chi connectivity index (χ3n) is 2.72. The quantitative estimate of drug-likeness (QED) is 0.614. The van der Waals surface area contributed by atoms with Gasteiger partial charge in [0, 0.05) is 12.6 Å². The van der Waals surface area contributed by atoms with E-state index in [4.69, 9.17) is 0 Å². The molecule has 0 aromatic rings. The van der Waals surface area contributed by atoms with Crippen molar-refractivity contribution in [2.45, 2.75) is 54.0 Å². The minimum absolute atomic E-state index is 0.472. The van der Waals surface area contributed by atoms with Gasteiger partial charge in [-0.3, -0.25) is 0 Å². The minimum Gasteiger partial charge on any atom is -0.301 e. The van der Waals surface area contributed by atoms with E-state index in [-0.39, 0.29) is 0 Å². The van der Waals surface area contributed by atoms with E-state index >= 15 is 0 Å². The third kappa shape index (κ3) is 4.10. The molecule has 0 unspecified atom stereocenters. The van der Waals surface area contributed by atoms with Crippen molar-refractivity contribution in [3.8, 4) is 0 Å². The van der Waals surface area contributed by atoms with Gasteiger partial charge in [0.15, 0.2) is 0 Å². The Labute approximate surface area is 78.1 Å². The van der Waals surface area contributed by atoms with Crippen LogP contribution in [0.25, 0.3) is 0 Å². The molecule has 0 heterocycles. The van der Waals surface area contributed by atoms with Crippen LogP contribution in [0.1, 0.15) is 48.0 Å². The van der Waals surface area contributed by atoms with Gasteiger partial charge in [-0.2, -0.15) is 0 Å². The van der Waals surface area contributed by atoms with Crippen LogP contribution in [0.2, 0.25) is 0 Å². The molecule has 0 aliphatic carbocycles. The van der Waals surface area contributed by atoms with Crippen molar-refractivity contribution in [3.63, 3.8) is 0 Å². The largest absolute Gasteiger partial charge is 0.301 e. The molecule has 0 aliphatic rings. The maximum absolute atomic E-state index is 2.53. The summed E-state index contributed by atoms with van der Waals surface area (Å²) in [6, 6.07) is 0.681. The highest BCUT2D eigenvalue weighted by Gasteiger charge is 2.19. The van der Waals surface area contributed by atoms with E-state index in [1.807, 2.05) is 0 Å². The summed E-state index contributed by atoms with van der Waals surface area (Å²) >= 11 is 0. The van der Waals surface area contributed by atoms with Gasteiger partial charge in [0.25, 0.3) is 0 Å². The van der Waals surface area contributed by atoms with E-state index in [1.165, 1.54) is 19.5 Å². The fraction of sp³-hybridized carbons (Fsp3) is 1.00. The first-order valence-corrected chi connectivity index (χ1v) is 5.17. The molecule has 0 saturated carbocycles. The van der Waals surface area contributed by atoms with Crippen molar-refractivity contribution in [1.82, 2.24) is 4.90 Å². The lowest BCUT2D eigenvalue weighted by Gasteiger charge is -2.33. The highest BCUT2D eigenvalue weighted by atomic mass is 15.1. The molecule has 0 aromatic carbocycles. The van der Waals surface area contributed by atoms with Gasteiger partial charge in [-0.25, -0.2) is 0 Å². The van der Waals surface area contributed by atoms with Gasteiger partial charge in [0.2, 0.25) is 0 Å². The van der Waals surface area contributed by atoms with Crippen LogP contribution in [0.15, 0.2) is 0 Å². The lowest BCUT2D eigenvalue weighted by atomic mass is 9.89. The molecule has 1 nitrogen and oxygen atoms in total. The molecule has 0 bridgehead atoms. The van der Waals surface area contributed by atoms with Crippen molar-refractivity contribution >= 4 is 0 Å². The zero-order chi connectivity index (χ0) is 9.78. The first-order valence-electron chi connectivity index (χ1n) is 5.17. The molecule has 0 rings (SSSR count). The second-order valence-electron chi connectivity index (χ2n) is 4.67. The van der Waals surface area contributed by atoms with Crippen LogP contribution in [0.4, 0.5) is 0 Å². The smallest absolute Gasteiger partial charge is 0.00387 e. The summed E-state index contributed by atoms with van der Waals surface area (Å²) in [6.45, 7) is 16.1. The first kappa shape index (κ1) is 12.0. The van der Waals surface area contributed by atoms with Gasteiger partial charge in [-0.05, 0) is 32.2 Å². The van der Waals surface area contributed by atoms with Gasteiger partial charge < -0.3 is 4.90 Å². The molecular weight excluding hydrogens is 146 g/mol. The van der Waals surface area contributed by atoms with Crippen molar-refractivity contribution < 1.29 is 0 Å². The average Bonchev–Trinajstić information content (AvgIpc) is 2.00. The maximum Gasteiger partial charge on any atom is 0.00387 e. The number of nitrogens with zero attached hydrogens (tertiary/aromatic N) is 1. The van der Waals surface area contributed by atoms with E-state index in [0.717, 1.165) is 0 Å². The lowest BCUT2D eigenvalue weighted by molar-refractivity contribution is 0.148. The molecule has 1 heteroatoms. The minimum atomic E-state index is 0.472. The van der Waals surface area contributed by atoms with Gasteiger partial charge in [-0.15, -0.1) is 0 Å². The molecule has 0 saturated heterocycles. The molecule has 0 N–H and O–H groups in total. The second kappa shape index (κ2) is 4.86. The van der Waals surface area contributed by atoms with Crippen LogP contribution in [0.5, 0.6) is 0 Å². The third-order valence-corrected chi connectivity index (χ3v) is 2.72. The van der Waals surface area contributed by atoms with Crippen LogP contribution in [0, 0.1) is 5.41 Å². The Bertz CT molecular complexity index is 116. The van der Waals surface area contributed by atoms with Crippen LogP contribution in [-0.4, -0.2) is 24.0 Å². The molecule has 0 atom stereocenters. The highest BCUT2D eigenvalue weighted by Crippen LogP contribution is 2.21. The Morgan fingerprint density at radius 1 is 1.17 bits per heavy atom. The molecule has 0 fully saturated rings. The molecule has 0 radical (unpaired) electrons. The molecule has 74 valence electrons. The summed E-state index contributed by atoms with van der Waals surface area (Å²) in [5.41, 5.74) is 0.472. The predicted molar refractivity (Wildman–Crippen MR) is 56.5 cm³/mol. The maximum atomic E-state index is 2.53. The summed E-state index contributed by atoms with van der Waals surface area (Å²) in [5, 5.41) is 0. The normalized spacial score (nSPS) is 13.0. The summed E-state index contributed by atoms with van der Waals surface area (Å²) in [5.74, 6) is 0. The first-order chi connectivity index (χ1) is 5.43. The lowest BCUT2D eigenvalue weighted by Crippen LogP contribution is -2.38. The van der Waals surface area contributed by atoms with Gasteiger partial charge in [0.05, 0.1) is 0 Å². The van der Waals surface area contributed by atoms with Gasteiger partial charge in [0.1, 0.15) is 0 Å². The molecule has 0 aliphatic heterocycles. The van der Waals surface area contributed by atoms with E-state index in [9.17, 15) is 0 Å². The van der Waals surface area contributed by atoms with Crippen LogP contribution in [0.3, 0.4) is 0 Å². The summed E-state index contributed by atoms with van der Waals surface area (Å²) < 4.78 is 0. The van der Waals surface area contributed by atoms with Crippen LogP contribution < -0.4 is 0 Å². The Balaban J connectivity index is 4.01. The number of hydrogen-bond donors (Lipinski definition) is 0. The van der Waals surface area contributed by atoms with E-state index in [1.54, 1.807) is 0 Å². The topological polar surface area (TPSA) is 3.24 Å². The molecular formula is C11H25N. The van der Waals surface area contributed by atoms with E-state index in [2.05, 4.69) is 46.4 Å². The van der Waals surface area contributed by atoms with Crippen molar-refractivity contribution in [2.24, 2.45) is 5.41 Å². The zero-order valence-corrected chi connectivity index (χ0v) is 9.65. The van der Waals surface area contributed by atoms with Crippen molar-refractivity contribution in [3.05, 3.63) is 0 Å². The van der Waals surface area contributed by atoms with E-state index < -0.39 is 0 Å². The molecule has 0 aromatic heterocycles. The van der Waals surface area contributed by atoms with Crippen LogP contribution >= 0.6 is 0 Å². The fourth-order valence-electron chi connectivity index (χ4n) is 1.32. The Hall–Kier alpha value is -0.0400. The molecule has 12 heavy (non-hydrogen) atoms. The zero-order valence-electron chi connectivity index (χ0n) is 9.65. The summed E-state index contributed by atoms with van der Waals surface area (Å²) in [4.78, 5) is 2.53. The monoisotopic (exact) mass is 171 g/mol. The summed E-state index contributed by atoms with van der Waals surface area (Å²) in [6.07, 6.45) is 1.26. The Morgan fingerprint density at radius 3 is 1.92 bits per heavy atom. The van der Waals surface area contributed by atoms with Gasteiger partial charge >= 0.3 is 0 Å². The standard InChI is InChI=1S/C11H25N/c1-7-11(5,6)9-12(8-2)10(3)4/h10H,7-9H2,1-6H3. The number of rotatable bonds is 5. The second-order valence-corrected chi connectivity index (χ2v) is 4.67. The Kier molecular flexibility index (Phi) is 4.84. The van der Waals surface area contributed by atoms with Gasteiger partial charge in [-0.1, -0.05) is 27.7 Å². The van der Waals surface area contributed by atoms with Crippen molar-refractivity contribution in [1.29, 1.82) is 0 Å². The molecule has 0 spiro atoms. The number of hydrogen-bond acceptors (Lipinski definition) is 1. The highest BCUT2D eigenvalue weighted by molar-refractivity contribution is 4.73. The molecule has 0 amide bonds. The predicted octanol–water partition coefficient (Wildman–Crippen LogP) is 3.15. The summed E-state index contributed by atoms with van der Waals surface area (Å²) in [7, 11) is 0. The Morgan fingerprint density at radius 2 is 1.67 bits per heavy atom. The van der Waals surface area contributed by atoms with Crippen LogP contribution in [-0.2, 0) is 0 Å². The van der Waals surface area contributed by atoms with E-state index in [0.29, 0.717) is 11.5 Å². The average molecular weight is 171 g/mol. The van der Waals surface area contributed by atoms with Crippen molar-refractivity contribution in [2.75, 3.05) is 13.1 Å². The SMILES string of the molecule is CCN(CC(C)(C)CC)C(C)C. The fourth-order valence-corrected chi connectivity index (χ4v) is 1.32.